The van der Waals surface area contributed by atoms with E-state index < -0.39 is 54.6 Å². The summed E-state index contributed by atoms with van der Waals surface area (Å²) in [5.74, 6) is -2.25. The van der Waals surface area contributed by atoms with Gasteiger partial charge in [-0.25, -0.2) is 0 Å². The molecule has 0 saturated heterocycles. The van der Waals surface area contributed by atoms with Crippen molar-refractivity contribution in [2.24, 2.45) is 0 Å². The van der Waals surface area contributed by atoms with Gasteiger partial charge in [0, 0.05) is 12.1 Å². The molecular formula is C22H22O11. The molecular weight excluding hydrogens is 440 g/mol. The van der Waals surface area contributed by atoms with E-state index in [-0.39, 0.29) is 35.0 Å². The van der Waals surface area contributed by atoms with Crippen LogP contribution in [-0.4, -0.2) is 72.7 Å². The lowest BCUT2D eigenvalue weighted by atomic mass is 9.94. The van der Waals surface area contributed by atoms with Gasteiger partial charge >= 0.3 is 0 Å². The van der Waals surface area contributed by atoms with Gasteiger partial charge in [-0.15, -0.1) is 0 Å². The molecule has 0 fully saturated rings. The fourth-order valence-corrected chi connectivity index (χ4v) is 3.72. The summed E-state index contributed by atoms with van der Waals surface area (Å²) in [5, 5.41) is 68.8. The zero-order chi connectivity index (χ0) is 23.9. The summed E-state index contributed by atoms with van der Waals surface area (Å²) in [5.41, 5.74) is -1.68. The van der Waals surface area contributed by atoms with E-state index in [1.165, 1.54) is 24.3 Å². The summed E-state index contributed by atoms with van der Waals surface area (Å²) >= 11 is 0. The van der Waals surface area contributed by atoms with Crippen molar-refractivity contribution in [3.8, 4) is 28.7 Å². The lowest BCUT2D eigenvalue weighted by Crippen LogP contribution is -2.53. The maximum Gasteiger partial charge on any atom is 0.258 e. The number of hydrogen-bond acceptors (Lipinski definition) is 11. The molecule has 33 heavy (non-hydrogen) atoms. The van der Waals surface area contributed by atoms with Crippen molar-refractivity contribution < 1.29 is 54.8 Å². The summed E-state index contributed by atoms with van der Waals surface area (Å²) in [6.07, 6.45) is -2.84. The Hall–Kier alpha value is -3.51. The second-order valence-corrected chi connectivity index (χ2v) is 7.77. The van der Waals surface area contributed by atoms with Crippen molar-refractivity contribution in [1.82, 2.24) is 0 Å². The van der Waals surface area contributed by atoms with Crippen LogP contribution in [0.25, 0.3) is 0 Å². The van der Waals surface area contributed by atoms with Crippen LogP contribution < -0.4 is 9.47 Å². The molecule has 11 nitrogen and oxygen atoms in total. The molecule has 0 amide bonds. The average molecular weight is 462 g/mol. The van der Waals surface area contributed by atoms with Crippen molar-refractivity contribution in [3.63, 3.8) is 0 Å². The van der Waals surface area contributed by atoms with Gasteiger partial charge < -0.3 is 50.0 Å². The molecule has 0 spiro atoms. The second kappa shape index (κ2) is 8.45. The third-order valence-corrected chi connectivity index (χ3v) is 5.49. The summed E-state index contributed by atoms with van der Waals surface area (Å²) in [7, 11) is 0. The highest BCUT2D eigenvalue weighted by atomic mass is 16.7. The van der Waals surface area contributed by atoms with Crippen LogP contribution in [0.5, 0.6) is 28.7 Å². The van der Waals surface area contributed by atoms with Gasteiger partial charge in [0.05, 0.1) is 19.6 Å². The van der Waals surface area contributed by atoms with Gasteiger partial charge in [0.15, 0.2) is 23.0 Å². The van der Waals surface area contributed by atoms with Gasteiger partial charge in [-0.2, -0.15) is 0 Å². The second-order valence-electron chi connectivity index (χ2n) is 7.77. The maximum atomic E-state index is 12.6. The number of aliphatic hydroxyl groups excluding tert-OH is 3. The number of carbonyl (C=O) groups is 1. The standard InChI is InChI=1S/C22H22O11/c23-8-19-22(30,9-24)7-16(29)21(33-19)31-11-4-14(27)20-15(28)6-17(32-18(20)5-11)10-1-2-12(25)13(26)3-10/h1-5,7,17,19,21,23-27,29-30H,6,8-9H2/t17?,19?,21?,22-/m0/s1. The van der Waals surface area contributed by atoms with Crippen LogP contribution in [0.1, 0.15) is 28.4 Å². The molecule has 0 aromatic heterocycles. The van der Waals surface area contributed by atoms with Crippen LogP contribution in [0, 0.1) is 0 Å². The van der Waals surface area contributed by atoms with Gasteiger partial charge in [0.2, 0.25) is 0 Å². The van der Waals surface area contributed by atoms with E-state index in [0.29, 0.717) is 5.56 Å². The first-order valence-electron chi connectivity index (χ1n) is 9.92. The number of ketones is 1. The third kappa shape index (κ3) is 4.14. The molecule has 4 atom stereocenters. The number of aliphatic hydroxyl groups is 4. The Morgan fingerprint density at radius 1 is 1.03 bits per heavy atom. The molecule has 0 radical (unpaired) electrons. The molecule has 2 aliphatic rings. The normalized spacial score (nSPS) is 26.8. The van der Waals surface area contributed by atoms with E-state index in [2.05, 4.69) is 0 Å². The molecule has 2 aliphatic heterocycles. The Morgan fingerprint density at radius 3 is 2.45 bits per heavy atom. The van der Waals surface area contributed by atoms with Crippen LogP contribution in [-0.2, 0) is 4.74 Å². The Bertz CT molecular complexity index is 1110. The number of phenolic OH excluding ortho intramolecular Hbond substituents is 3. The molecule has 0 bridgehead atoms. The smallest absolute Gasteiger partial charge is 0.258 e. The van der Waals surface area contributed by atoms with E-state index in [1.54, 1.807) is 0 Å². The molecule has 2 heterocycles. The fraction of sp³-hybridized carbons (Fsp3) is 0.318. The lowest BCUT2D eigenvalue weighted by Gasteiger charge is -2.37. The molecule has 0 aliphatic carbocycles. The first-order chi connectivity index (χ1) is 15.6. The van der Waals surface area contributed by atoms with E-state index in [1.807, 2.05) is 0 Å². The molecule has 0 saturated carbocycles. The van der Waals surface area contributed by atoms with Crippen LogP contribution in [0.15, 0.2) is 42.2 Å². The Labute approximate surface area is 186 Å². The van der Waals surface area contributed by atoms with Crippen molar-refractivity contribution >= 4 is 5.78 Å². The van der Waals surface area contributed by atoms with Crippen molar-refractivity contribution in [2.45, 2.75) is 30.5 Å². The van der Waals surface area contributed by atoms with E-state index in [0.717, 1.165) is 12.1 Å². The zero-order valence-electron chi connectivity index (χ0n) is 17.1. The fourth-order valence-electron chi connectivity index (χ4n) is 3.72. The summed E-state index contributed by atoms with van der Waals surface area (Å²) in [4.78, 5) is 12.6. The highest BCUT2D eigenvalue weighted by molar-refractivity contribution is 6.02. The van der Waals surface area contributed by atoms with Crippen LogP contribution in [0.3, 0.4) is 0 Å². The number of phenols is 3. The quantitative estimate of drug-likeness (QED) is 0.311. The van der Waals surface area contributed by atoms with Gasteiger partial charge in [0.1, 0.15) is 40.6 Å². The number of benzene rings is 2. The van der Waals surface area contributed by atoms with Crippen molar-refractivity contribution in [2.75, 3.05) is 13.2 Å². The topological polar surface area (TPSA) is 186 Å². The molecule has 3 unspecified atom stereocenters. The first kappa shape index (κ1) is 22.7. The van der Waals surface area contributed by atoms with E-state index in [9.17, 15) is 40.5 Å². The van der Waals surface area contributed by atoms with Crippen molar-refractivity contribution in [3.05, 3.63) is 53.3 Å². The predicted molar refractivity (Wildman–Crippen MR) is 109 cm³/mol. The first-order valence-corrected chi connectivity index (χ1v) is 9.92. The zero-order valence-corrected chi connectivity index (χ0v) is 17.1. The number of carbonyl (C=O) groups excluding carboxylic acids is 1. The number of Topliss-reactive ketones (excluding diaryl/α,β-unsaturated/α-hetero) is 1. The molecule has 176 valence electrons. The van der Waals surface area contributed by atoms with E-state index in [4.69, 9.17) is 14.2 Å². The summed E-state index contributed by atoms with van der Waals surface area (Å²) < 4.78 is 16.7. The average Bonchev–Trinajstić information content (AvgIpc) is 2.77. The van der Waals surface area contributed by atoms with Gasteiger partial charge in [-0.05, 0) is 23.8 Å². The number of aromatic hydroxyl groups is 3. The molecule has 4 rings (SSSR count). The molecule has 2 aromatic rings. The monoisotopic (exact) mass is 462 g/mol. The predicted octanol–water partition coefficient (Wildman–Crippen LogP) is 0.771. The molecule has 2 aromatic carbocycles. The highest BCUT2D eigenvalue weighted by Gasteiger charge is 2.43. The Balaban J connectivity index is 1.62. The Kier molecular flexibility index (Phi) is 5.80. The highest BCUT2D eigenvalue weighted by Crippen LogP contribution is 2.43. The maximum absolute atomic E-state index is 12.6. The third-order valence-electron chi connectivity index (χ3n) is 5.49. The van der Waals surface area contributed by atoms with Crippen LogP contribution >= 0.6 is 0 Å². The number of rotatable bonds is 5. The van der Waals surface area contributed by atoms with Gasteiger partial charge in [-0.1, -0.05) is 6.07 Å². The number of fused-ring (bicyclic) bond motifs is 1. The minimum atomic E-state index is -2.02. The summed E-state index contributed by atoms with van der Waals surface area (Å²) in [6, 6.07) is 6.40. The SMILES string of the molecule is O=C1CC(c2ccc(O)c(O)c2)Oc2cc(OC3OC(CO)[C@@](O)(CO)C=C3O)cc(O)c21. The van der Waals surface area contributed by atoms with Gasteiger partial charge in [-0.3, -0.25) is 4.79 Å². The molecule has 11 heteroatoms. The number of ether oxygens (including phenoxy) is 3. The largest absolute Gasteiger partial charge is 0.507 e. The Morgan fingerprint density at radius 2 is 1.79 bits per heavy atom. The van der Waals surface area contributed by atoms with Crippen LogP contribution in [0.2, 0.25) is 0 Å². The summed E-state index contributed by atoms with van der Waals surface area (Å²) in [6.45, 7) is -1.51. The van der Waals surface area contributed by atoms with E-state index >= 15 is 0 Å². The van der Waals surface area contributed by atoms with Gasteiger partial charge in [0.25, 0.3) is 6.29 Å². The molecule has 7 N–H and O–H groups in total. The number of hydrogen-bond donors (Lipinski definition) is 7. The minimum absolute atomic E-state index is 0.0244. The van der Waals surface area contributed by atoms with Crippen molar-refractivity contribution in [1.29, 1.82) is 0 Å². The lowest BCUT2D eigenvalue weighted by molar-refractivity contribution is -0.203. The minimum Gasteiger partial charge on any atom is -0.507 e. The van der Waals surface area contributed by atoms with Crippen LogP contribution in [0.4, 0.5) is 0 Å².